The van der Waals surface area contributed by atoms with Gasteiger partial charge >= 0.3 is 0 Å². The van der Waals surface area contributed by atoms with E-state index < -0.39 is 0 Å². The highest BCUT2D eigenvalue weighted by atomic mass is 16.5. The number of ether oxygens (including phenoxy) is 1. The van der Waals surface area contributed by atoms with Gasteiger partial charge in [-0.2, -0.15) is 10.4 Å². The highest BCUT2D eigenvalue weighted by Crippen LogP contribution is 2.30. The van der Waals surface area contributed by atoms with Crippen LogP contribution in [0.4, 0.5) is 5.82 Å². The standard InChI is InChI=1S/C19H21N5O2/c20-11-13-10-14-12-26-9-7-17(14)23-19(13)22-15-3-5-16(6-4-15)24-18(25)2-1-8-21-24/h1-2,8,10,15-16H,3-7,9,12H2,(H,22,23). The number of aromatic nitrogens is 3. The molecule has 2 aromatic rings. The molecular formula is C19H21N5O2. The fourth-order valence-corrected chi connectivity index (χ4v) is 3.78. The molecule has 3 heterocycles. The van der Waals surface area contributed by atoms with Gasteiger partial charge in [-0.3, -0.25) is 4.79 Å². The number of nitrogens with one attached hydrogen (secondary N) is 1. The maximum atomic E-state index is 11.9. The Balaban J connectivity index is 1.46. The lowest BCUT2D eigenvalue weighted by Crippen LogP contribution is -2.33. The number of hydrogen-bond acceptors (Lipinski definition) is 6. The molecule has 0 atom stereocenters. The van der Waals surface area contributed by atoms with Gasteiger partial charge in [0.15, 0.2) is 0 Å². The lowest BCUT2D eigenvalue weighted by molar-refractivity contribution is 0.109. The molecule has 0 amide bonds. The first-order chi connectivity index (χ1) is 12.7. The summed E-state index contributed by atoms with van der Waals surface area (Å²) in [7, 11) is 0. The van der Waals surface area contributed by atoms with Gasteiger partial charge in [-0.1, -0.05) is 0 Å². The SMILES string of the molecule is N#Cc1cc2c(nc1NC1CCC(n3ncccc3=O)CC1)CCOC2. The largest absolute Gasteiger partial charge is 0.376 e. The molecule has 1 aliphatic heterocycles. The summed E-state index contributed by atoms with van der Waals surface area (Å²) in [5, 5.41) is 17.1. The smallest absolute Gasteiger partial charge is 0.266 e. The van der Waals surface area contributed by atoms with Crippen LogP contribution in [0.5, 0.6) is 0 Å². The number of nitrogens with zero attached hydrogens (tertiary/aromatic N) is 4. The van der Waals surface area contributed by atoms with Crippen molar-refractivity contribution in [3.05, 3.63) is 51.6 Å². The zero-order valence-electron chi connectivity index (χ0n) is 14.5. The van der Waals surface area contributed by atoms with Crippen molar-refractivity contribution in [2.45, 2.75) is 50.8 Å². The summed E-state index contributed by atoms with van der Waals surface area (Å²) in [6.07, 6.45) is 6.04. The first-order valence-electron chi connectivity index (χ1n) is 9.05. The average Bonchev–Trinajstić information content (AvgIpc) is 2.68. The van der Waals surface area contributed by atoms with Crippen LogP contribution in [-0.2, 0) is 17.8 Å². The minimum atomic E-state index is -0.0470. The Bertz CT molecular complexity index is 894. The molecule has 1 aliphatic carbocycles. The van der Waals surface area contributed by atoms with Crippen LogP contribution >= 0.6 is 0 Å². The first-order valence-corrected chi connectivity index (χ1v) is 9.05. The highest BCUT2D eigenvalue weighted by Gasteiger charge is 2.25. The Kier molecular flexibility index (Phi) is 4.67. The first kappa shape index (κ1) is 16.7. The van der Waals surface area contributed by atoms with E-state index in [2.05, 4.69) is 21.5 Å². The molecule has 0 aromatic carbocycles. The van der Waals surface area contributed by atoms with Crippen molar-refractivity contribution in [3.8, 4) is 6.07 Å². The second-order valence-electron chi connectivity index (χ2n) is 6.86. The van der Waals surface area contributed by atoms with E-state index in [-0.39, 0.29) is 17.6 Å². The van der Waals surface area contributed by atoms with Crippen molar-refractivity contribution in [1.82, 2.24) is 14.8 Å². The maximum absolute atomic E-state index is 11.9. The molecule has 4 rings (SSSR count). The third-order valence-electron chi connectivity index (χ3n) is 5.18. The number of fused-ring (bicyclic) bond motifs is 1. The summed E-state index contributed by atoms with van der Waals surface area (Å²) in [5.74, 6) is 0.673. The molecule has 2 aliphatic rings. The van der Waals surface area contributed by atoms with Gasteiger partial charge in [0.25, 0.3) is 5.56 Å². The molecule has 2 aromatic heterocycles. The zero-order valence-corrected chi connectivity index (χ0v) is 14.5. The molecule has 0 spiro atoms. The molecule has 26 heavy (non-hydrogen) atoms. The molecular weight excluding hydrogens is 330 g/mol. The molecule has 0 saturated heterocycles. The van der Waals surface area contributed by atoms with Crippen molar-refractivity contribution in [3.63, 3.8) is 0 Å². The molecule has 0 unspecified atom stereocenters. The molecule has 0 radical (unpaired) electrons. The fraction of sp³-hybridized carbons (Fsp3) is 0.474. The van der Waals surface area contributed by atoms with E-state index >= 15 is 0 Å². The predicted octanol–water partition coefficient (Wildman–Crippen LogP) is 2.18. The number of anilines is 1. The molecule has 7 heteroatoms. The minimum absolute atomic E-state index is 0.0470. The Morgan fingerprint density at radius 3 is 2.92 bits per heavy atom. The van der Waals surface area contributed by atoms with Crippen LogP contribution in [-0.4, -0.2) is 27.4 Å². The van der Waals surface area contributed by atoms with E-state index in [1.165, 1.54) is 0 Å². The molecule has 134 valence electrons. The average molecular weight is 351 g/mol. The van der Waals surface area contributed by atoms with Gasteiger partial charge in [0.05, 0.1) is 30.5 Å². The highest BCUT2D eigenvalue weighted by molar-refractivity contribution is 5.55. The van der Waals surface area contributed by atoms with E-state index in [9.17, 15) is 10.1 Å². The summed E-state index contributed by atoms with van der Waals surface area (Å²) in [5.41, 5.74) is 2.55. The van der Waals surface area contributed by atoms with Gasteiger partial charge in [-0.15, -0.1) is 0 Å². The van der Waals surface area contributed by atoms with Crippen molar-refractivity contribution in [2.75, 3.05) is 11.9 Å². The van der Waals surface area contributed by atoms with Crippen molar-refractivity contribution >= 4 is 5.82 Å². The molecule has 1 saturated carbocycles. The van der Waals surface area contributed by atoms with Gasteiger partial charge in [0.2, 0.25) is 0 Å². The van der Waals surface area contributed by atoms with Crippen LogP contribution in [0.1, 0.15) is 48.5 Å². The monoisotopic (exact) mass is 351 g/mol. The molecule has 7 nitrogen and oxygen atoms in total. The molecule has 1 N–H and O–H groups in total. The van der Waals surface area contributed by atoms with Gasteiger partial charge in [0.1, 0.15) is 11.9 Å². The van der Waals surface area contributed by atoms with Crippen LogP contribution in [0.2, 0.25) is 0 Å². The molecule has 1 fully saturated rings. The van der Waals surface area contributed by atoms with Crippen molar-refractivity contribution in [1.29, 1.82) is 5.26 Å². The third kappa shape index (κ3) is 3.33. The maximum Gasteiger partial charge on any atom is 0.266 e. The molecule has 0 bridgehead atoms. The number of nitriles is 1. The van der Waals surface area contributed by atoms with Crippen LogP contribution < -0.4 is 10.9 Å². The van der Waals surface area contributed by atoms with Crippen LogP contribution in [0.25, 0.3) is 0 Å². The lowest BCUT2D eigenvalue weighted by Gasteiger charge is -2.30. The van der Waals surface area contributed by atoms with Crippen molar-refractivity contribution in [2.24, 2.45) is 0 Å². The summed E-state index contributed by atoms with van der Waals surface area (Å²) < 4.78 is 7.04. The van der Waals surface area contributed by atoms with E-state index in [0.717, 1.165) is 43.4 Å². The Hall–Kier alpha value is -2.72. The van der Waals surface area contributed by atoms with Gasteiger partial charge in [-0.05, 0) is 37.8 Å². The topological polar surface area (TPSA) is 92.8 Å². The van der Waals surface area contributed by atoms with E-state index in [1.807, 2.05) is 6.07 Å². The number of hydrogen-bond donors (Lipinski definition) is 1. The fourth-order valence-electron chi connectivity index (χ4n) is 3.78. The predicted molar refractivity (Wildman–Crippen MR) is 95.7 cm³/mol. The third-order valence-corrected chi connectivity index (χ3v) is 5.18. The zero-order chi connectivity index (χ0) is 17.9. The normalized spacial score (nSPS) is 22.3. The minimum Gasteiger partial charge on any atom is -0.376 e. The van der Waals surface area contributed by atoms with E-state index in [1.54, 1.807) is 23.0 Å². The van der Waals surface area contributed by atoms with Crippen LogP contribution in [0.3, 0.4) is 0 Å². The second-order valence-corrected chi connectivity index (χ2v) is 6.86. The van der Waals surface area contributed by atoms with Crippen LogP contribution in [0.15, 0.2) is 29.2 Å². The van der Waals surface area contributed by atoms with Crippen LogP contribution in [0, 0.1) is 11.3 Å². The number of pyridine rings is 1. The summed E-state index contributed by atoms with van der Waals surface area (Å²) in [6.45, 7) is 1.20. The van der Waals surface area contributed by atoms with Crippen molar-refractivity contribution < 1.29 is 4.74 Å². The summed E-state index contributed by atoms with van der Waals surface area (Å²) in [6, 6.07) is 7.75. The Morgan fingerprint density at radius 2 is 2.15 bits per heavy atom. The van der Waals surface area contributed by atoms with Gasteiger partial charge in [-0.25, -0.2) is 9.67 Å². The lowest BCUT2D eigenvalue weighted by atomic mass is 9.91. The van der Waals surface area contributed by atoms with Gasteiger partial charge in [0, 0.05) is 30.3 Å². The van der Waals surface area contributed by atoms with E-state index in [4.69, 9.17) is 4.74 Å². The Labute approximate surface area is 151 Å². The Morgan fingerprint density at radius 1 is 1.31 bits per heavy atom. The van der Waals surface area contributed by atoms with E-state index in [0.29, 0.717) is 24.6 Å². The van der Waals surface area contributed by atoms with Gasteiger partial charge < -0.3 is 10.1 Å². The number of rotatable bonds is 3. The summed E-state index contributed by atoms with van der Waals surface area (Å²) in [4.78, 5) is 16.6. The quantitative estimate of drug-likeness (QED) is 0.911. The second kappa shape index (κ2) is 7.26. The summed E-state index contributed by atoms with van der Waals surface area (Å²) >= 11 is 0.